The number of aromatic amines is 1. The van der Waals surface area contributed by atoms with Crippen LogP contribution >= 0.6 is 11.6 Å². The Morgan fingerprint density at radius 3 is 2.46 bits per heavy atom. The molecule has 0 unspecified atom stereocenters. The van der Waals surface area contributed by atoms with E-state index in [4.69, 9.17) is 11.6 Å². The van der Waals surface area contributed by atoms with E-state index in [0.29, 0.717) is 18.0 Å². The quantitative estimate of drug-likeness (QED) is 0.677. The van der Waals surface area contributed by atoms with Gasteiger partial charge in [0.2, 0.25) is 5.91 Å². The molecular weight excluding hydrogens is 346 g/mol. The summed E-state index contributed by atoms with van der Waals surface area (Å²) in [5, 5.41) is 7.44. The van der Waals surface area contributed by atoms with Crippen molar-refractivity contribution < 1.29 is 4.79 Å². The second kappa shape index (κ2) is 8.68. The van der Waals surface area contributed by atoms with Crippen LogP contribution in [0.25, 0.3) is 0 Å². The summed E-state index contributed by atoms with van der Waals surface area (Å²) in [5.74, 6) is 0.134. The van der Waals surface area contributed by atoms with Gasteiger partial charge in [-0.05, 0) is 35.2 Å². The second-order valence-electron chi connectivity index (χ2n) is 6.39. The number of hydrogen-bond donors (Lipinski definition) is 1. The van der Waals surface area contributed by atoms with Crippen LogP contribution in [0.1, 0.15) is 29.0 Å². The van der Waals surface area contributed by atoms with Crippen LogP contribution in [0.5, 0.6) is 0 Å². The van der Waals surface area contributed by atoms with E-state index in [2.05, 4.69) is 22.3 Å². The largest absolute Gasteiger partial charge is 0.345 e. The summed E-state index contributed by atoms with van der Waals surface area (Å²) in [6, 6.07) is 17.9. The van der Waals surface area contributed by atoms with Crippen molar-refractivity contribution in [3.8, 4) is 0 Å². The minimum Gasteiger partial charge on any atom is -0.345 e. The highest BCUT2D eigenvalue weighted by molar-refractivity contribution is 6.30. The number of hydrogen-bond acceptors (Lipinski definition) is 2. The van der Waals surface area contributed by atoms with Crippen LogP contribution in [0.3, 0.4) is 0 Å². The van der Waals surface area contributed by atoms with Gasteiger partial charge in [0.1, 0.15) is 0 Å². The third kappa shape index (κ3) is 4.73. The number of aromatic nitrogens is 2. The maximum Gasteiger partial charge on any atom is 0.223 e. The molecular formula is C21H22ClN3O. The standard InChI is InChI=1S/C21H22ClN3O/c1-25(12-11-16-14-23-24-15-16)21(26)13-20(17-5-3-2-4-6-17)18-7-9-19(22)10-8-18/h2-10,14-15,20H,11-13H2,1H3,(H,23,24)/t20-/m1/s1. The molecule has 0 saturated carbocycles. The number of rotatable bonds is 7. The Bertz CT molecular complexity index is 816. The van der Waals surface area contributed by atoms with E-state index in [1.165, 1.54) is 0 Å². The van der Waals surface area contributed by atoms with Crippen LogP contribution in [0.4, 0.5) is 0 Å². The number of nitrogens with zero attached hydrogens (tertiary/aromatic N) is 2. The first-order valence-electron chi connectivity index (χ1n) is 8.65. The molecule has 0 saturated heterocycles. The molecule has 1 amide bonds. The highest BCUT2D eigenvalue weighted by Crippen LogP contribution is 2.29. The molecule has 26 heavy (non-hydrogen) atoms. The van der Waals surface area contributed by atoms with E-state index >= 15 is 0 Å². The van der Waals surface area contributed by atoms with Gasteiger partial charge in [0.15, 0.2) is 0 Å². The summed E-state index contributed by atoms with van der Waals surface area (Å²) >= 11 is 6.03. The van der Waals surface area contributed by atoms with Gasteiger partial charge in [-0.25, -0.2) is 0 Å². The van der Waals surface area contributed by atoms with Gasteiger partial charge in [0, 0.05) is 37.2 Å². The minimum atomic E-state index is 0.0114. The number of nitrogens with one attached hydrogen (secondary N) is 1. The molecule has 4 nitrogen and oxygen atoms in total. The van der Waals surface area contributed by atoms with Gasteiger partial charge in [0.25, 0.3) is 0 Å². The first-order valence-corrected chi connectivity index (χ1v) is 9.03. The molecule has 0 aliphatic heterocycles. The first-order chi connectivity index (χ1) is 12.6. The average Bonchev–Trinajstić information content (AvgIpc) is 3.19. The van der Waals surface area contributed by atoms with E-state index in [1.54, 1.807) is 11.1 Å². The lowest BCUT2D eigenvalue weighted by Gasteiger charge is -2.22. The topological polar surface area (TPSA) is 49.0 Å². The Kier molecular flexibility index (Phi) is 6.08. The summed E-state index contributed by atoms with van der Waals surface area (Å²) in [4.78, 5) is 14.6. The highest BCUT2D eigenvalue weighted by Gasteiger charge is 2.20. The van der Waals surface area contributed by atoms with Gasteiger partial charge in [-0.1, -0.05) is 54.1 Å². The van der Waals surface area contributed by atoms with E-state index in [9.17, 15) is 4.79 Å². The maximum atomic E-state index is 12.8. The summed E-state index contributed by atoms with van der Waals surface area (Å²) in [7, 11) is 1.85. The van der Waals surface area contributed by atoms with E-state index in [1.807, 2.05) is 55.7 Å². The number of likely N-dealkylation sites (N-methyl/N-ethyl adjacent to an activating group) is 1. The monoisotopic (exact) mass is 367 g/mol. The molecule has 1 aromatic heterocycles. The van der Waals surface area contributed by atoms with Crippen molar-refractivity contribution in [3.63, 3.8) is 0 Å². The number of amides is 1. The van der Waals surface area contributed by atoms with Gasteiger partial charge in [-0.15, -0.1) is 0 Å². The molecule has 1 N–H and O–H groups in total. The van der Waals surface area contributed by atoms with Crippen molar-refractivity contribution in [2.75, 3.05) is 13.6 Å². The average molecular weight is 368 g/mol. The van der Waals surface area contributed by atoms with Gasteiger partial charge in [-0.3, -0.25) is 9.89 Å². The van der Waals surface area contributed by atoms with E-state index in [-0.39, 0.29) is 11.8 Å². The molecule has 134 valence electrons. The van der Waals surface area contributed by atoms with Crippen LogP contribution in [0, 0.1) is 0 Å². The lowest BCUT2D eigenvalue weighted by molar-refractivity contribution is -0.130. The van der Waals surface area contributed by atoms with Gasteiger partial charge >= 0.3 is 0 Å². The smallest absolute Gasteiger partial charge is 0.223 e. The van der Waals surface area contributed by atoms with Crippen molar-refractivity contribution in [1.29, 1.82) is 0 Å². The van der Waals surface area contributed by atoms with Crippen molar-refractivity contribution in [2.24, 2.45) is 0 Å². The Labute approximate surface area is 158 Å². The van der Waals surface area contributed by atoms with Crippen LogP contribution in [0.15, 0.2) is 67.0 Å². The normalized spacial score (nSPS) is 11.9. The highest BCUT2D eigenvalue weighted by atomic mass is 35.5. The molecule has 0 aliphatic rings. The Morgan fingerprint density at radius 2 is 1.81 bits per heavy atom. The number of carbonyl (C=O) groups is 1. The third-order valence-electron chi connectivity index (χ3n) is 4.57. The zero-order valence-corrected chi connectivity index (χ0v) is 15.5. The van der Waals surface area contributed by atoms with Gasteiger partial charge in [0.05, 0.1) is 6.20 Å². The zero-order chi connectivity index (χ0) is 18.4. The summed E-state index contributed by atoms with van der Waals surface area (Å²) in [6.07, 6.45) is 4.86. The Morgan fingerprint density at radius 1 is 1.12 bits per heavy atom. The minimum absolute atomic E-state index is 0.0114. The van der Waals surface area contributed by atoms with Crippen LogP contribution in [-0.4, -0.2) is 34.6 Å². The molecule has 0 radical (unpaired) electrons. The summed E-state index contributed by atoms with van der Waals surface area (Å²) in [5.41, 5.74) is 3.32. The van der Waals surface area contributed by atoms with E-state index < -0.39 is 0 Å². The first kappa shape index (κ1) is 18.2. The lowest BCUT2D eigenvalue weighted by atomic mass is 9.88. The molecule has 1 heterocycles. The Balaban J connectivity index is 1.72. The third-order valence-corrected chi connectivity index (χ3v) is 4.82. The fourth-order valence-electron chi connectivity index (χ4n) is 2.97. The van der Waals surface area contributed by atoms with Gasteiger partial charge < -0.3 is 4.90 Å². The molecule has 3 rings (SSSR count). The zero-order valence-electron chi connectivity index (χ0n) is 14.7. The Hall–Kier alpha value is -2.59. The van der Waals surface area contributed by atoms with Crippen molar-refractivity contribution in [1.82, 2.24) is 15.1 Å². The molecule has 1 atom stereocenters. The molecule has 2 aromatic carbocycles. The molecule has 0 bridgehead atoms. The second-order valence-corrected chi connectivity index (χ2v) is 6.83. The number of carbonyl (C=O) groups excluding carboxylic acids is 1. The van der Waals surface area contributed by atoms with Crippen molar-refractivity contribution >= 4 is 17.5 Å². The number of benzene rings is 2. The summed E-state index contributed by atoms with van der Waals surface area (Å²) < 4.78 is 0. The van der Waals surface area contributed by atoms with Crippen LogP contribution in [0.2, 0.25) is 5.02 Å². The van der Waals surface area contributed by atoms with E-state index in [0.717, 1.165) is 23.1 Å². The maximum absolute atomic E-state index is 12.8. The van der Waals surface area contributed by atoms with Gasteiger partial charge in [-0.2, -0.15) is 5.10 Å². The predicted molar refractivity (Wildman–Crippen MR) is 104 cm³/mol. The number of halogens is 1. The summed E-state index contributed by atoms with van der Waals surface area (Å²) in [6.45, 7) is 0.667. The SMILES string of the molecule is CN(CCc1cn[nH]c1)C(=O)C[C@H](c1ccccc1)c1ccc(Cl)cc1. The molecule has 3 aromatic rings. The lowest BCUT2D eigenvalue weighted by Crippen LogP contribution is -2.30. The molecule has 0 aliphatic carbocycles. The van der Waals surface area contributed by atoms with Crippen molar-refractivity contribution in [3.05, 3.63) is 88.7 Å². The van der Waals surface area contributed by atoms with Crippen molar-refractivity contribution in [2.45, 2.75) is 18.8 Å². The van der Waals surface area contributed by atoms with Crippen LogP contribution in [-0.2, 0) is 11.2 Å². The molecule has 0 fully saturated rings. The fourth-order valence-corrected chi connectivity index (χ4v) is 3.10. The molecule has 5 heteroatoms. The van der Waals surface area contributed by atoms with Crippen LogP contribution < -0.4 is 0 Å². The fraction of sp³-hybridized carbons (Fsp3) is 0.238. The number of H-pyrrole nitrogens is 1. The predicted octanol–water partition coefficient (Wildman–Crippen LogP) is 4.29. The molecule has 0 spiro atoms.